The number of aryl methyl sites for hydroxylation is 2. The zero-order valence-electron chi connectivity index (χ0n) is 22.6. The molecule has 0 amide bonds. The van der Waals surface area contributed by atoms with Crippen LogP contribution in [0.15, 0.2) is 59.0 Å². The Labute approximate surface area is 221 Å². The molecule has 1 unspecified atom stereocenters. The topological polar surface area (TPSA) is 48.7 Å². The summed E-state index contributed by atoms with van der Waals surface area (Å²) in [5, 5.41) is 1.02. The number of carbonyl (C=O) groups is 1. The second-order valence-corrected chi connectivity index (χ2v) is 11.4. The predicted octanol–water partition coefficient (Wildman–Crippen LogP) is 8.71. The van der Waals surface area contributed by atoms with Crippen molar-refractivity contribution >= 4 is 29.6 Å². The first-order valence-corrected chi connectivity index (χ1v) is 13.3. The number of rotatable bonds is 12. The first-order chi connectivity index (χ1) is 16.9. The van der Waals surface area contributed by atoms with Crippen LogP contribution in [-0.4, -0.2) is 16.5 Å². The highest BCUT2D eigenvalue weighted by Gasteiger charge is 2.34. The summed E-state index contributed by atoms with van der Waals surface area (Å²) in [6.45, 7) is 15.2. The number of unbranched alkanes of at least 4 members (excludes halogenated alkanes) is 2. The lowest BCUT2D eigenvalue weighted by Crippen LogP contribution is -2.39. The van der Waals surface area contributed by atoms with Crippen LogP contribution in [0.2, 0.25) is 0 Å². The zero-order chi connectivity index (χ0) is 26.5. The monoisotopic (exact) mass is 508 g/mol. The molecule has 194 valence electrons. The molecule has 0 aliphatic carbocycles. The molecule has 0 aliphatic rings. The van der Waals surface area contributed by atoms with Crippen molar-refractivity contribution < 1.29 is 18.7 Å². The summed E-state index contributed by atoms with van der Waals surface area (Å²) in [7, 11) is 0. The highest BCUT2D eigenvalue weighted by Crippen LogP contribution is 2.36. The van der Waals surface area contributed by atoms with Crippen LogP contribution in [0.5, 0.6) is 5.75 Å². The molecule has 2 aromatic carbocycles. The summed E-state index contributed by atoms with van der Waals surface area (Å²) in [5.41, 5.74) is 4.17. The number of hydrogen-bond acceptors (Lipinski definition) is 5. The summed E-state index contributed by atoms with van der Waals surface area (Å²) in [6.07, 6.45) is 6.17. The second-order valence-electron chi connectivity index (χ2n) is 10.5. The highest BCUT2D eigenvalue weighted by atomic mass is 32.1. The van der Waals surface area contributed by atoms with Gasteiger partial charge in [-0.05, 0) is 76.3 Å². The van der Waals surface area contributed by atoms with Crippen molar-refractivity contribution in [3.8, 4) is 17.1 Å². The third-order valence-corrected chi connectivity index (χ3v) is 6.43. The third kappa shape index (κ3) is 7.42. The number of furan rings is 1. The highest BCUT2D eigenvalue weighted by molar-refractivity contribution is 7.81. The molecule has 0 N–H and O–H groups in total. The van der Waals surface area contributed by atoms with E-state index in [-0.39, 0.29) is 0 Å². The fraction of sp³-hybridized carbons (Fsp3) is 0.452. The van der Waals surface area contributed by atoms with Gasteiger partial charge in [0, 0.05) is 29.0 Å². The summed E-state index contributed by atoms with van der Waals surface area (Å²) >= 11 is 4.72. The molecule has 0 aliphatic heterocycles. The molecule has 0 saturated carbocycles. The maximum Gasteiger partial charge on any atom is 0.333 e. The van der Waals surface area contributed by atoms with Gasteiger partial charge in [-0.25, -0.2) is 4.79 Å². The molecule has 0 fully saturated rings. The maximum atomic E-state index is 12.0. The number of esters is 1. The largest absolute Gasteiger partial charge is 0.477 e. The predicted molar refractivity (Wildman–Crippen MR) is 152 cm³/mol. The van der Waals surface area contributed by atoms with Gasteiger partial charge in [0.05, 0.1) is 0 Å². The van der Waals surface area contributed by atoms with Gasteiger partial charge in [-0.2, -0.15) is 0 Å². The average molecular weight is 509 g/mol. The molecule has 5 heteroatoms. The molecule has 1 heterocycles. The number of ether oxygens (including phenoxy) is 2. The molecule has 0 spiro atoms. The lowest BCUT2D eigenvalue weighted by molar-refractivity contribution is -0.153. The van der Waals surface area contributed by atoms with E-state index in [1.54, 1.807) is 6.92 Å². The Bertz CT molecular complexity index is 1220. The second kappa shape index (κ2) is 11.6. The molecular formula is C31H40O4S. The van der Waals surface area contributed by atoms with Crippen molar-refractivity contribution in [2.24, 2.45) is 0 Å². The standard InChI is InChI=1S/C31H40O4S/c1-8-10-11-12-22-13-16-26(23(9-2)17-22)28-18-24-14-15-25(19-27(24)33-28)34-31(7,36)20-30(5,6)35-29(32)21(3)4/h13-19,36H,3,8-12,20H2,1-2,4-7H3. The van der Waals surface area contributed by atoms with Crippen molar-refractivity contribution in [1.82, 2.24) is 0 Å². The number of hydrogen-bond donors (Lipinski definition) is 1. The summed E-state index contributed by atoms with van der Waals surface area (Å²) in [5.74, 6) is 1.08. The molecule has 1 aromatic heterocycles. The maximum absolute atomic E-state index is 12.0. The van der Waals surface area contributed by atoms with E-state index >= 15 is 0 Å². The lowest BCUT2D eigenvalue weighted by Gasteiger charge is -2.34. The van der Waals surface area contributed by atoms with Gasteiger partial charge in [-0.15, -0.1) is 12.6 Å². The summed E-state index contributed by atoms with van der Waals surface area (Å²) < 4.78 is 18.1. The van der Waals surface area contributed by atoms with E-state index in [1.165, 1.54) is 30.4 Å². The minimum atomic E-state index is -0.870. The van der Waals surface area contributed by atoms with Crippen LogP contribution >= 0.6 is 12.6 Å². The smallest absolute Gasteiger partial charge is 0.333 e. The first-order valence-electron chi connectivity index (χ1n) is 12.9. The van der Waals surface area contributed by atoms with Gasteiger partial charge in [-0.3, -0.25) is 0 Å². The number of benzene rings is 2. The Balaban J connectivity index is 1.78. The van der Waals surface area contributed by atoms with E-state index < -0.39 is 16.5 Å². The Morgan fingerprint density at radius 1 is 1.06 bits per heavy atom. The van der Waals surface area contributed by atoms with Crippen molar-refractivity contribution in [1.29, 1.82) is 0 Å². The van der Waals surface area contributed by atoms with Crippen LogP contribution in [0.3, 0.4) is 0 Å². The van der Waals surface area contributed by atoms with Crippen molar-refractivity contribution in [3.63, 3.8) is 0 Å². The van der Waals surface area contributed by atoms with E-state index in [0.29, 0.717) is 17.7 Å². The van der Waals surface area contributed by atoms with Gasteiger partial charge >= 0.3 is 5.97 Å². The minimum absolute atomic E-state index is 0.362. The van der Waals surface area contributed by atoms with Crippen molar-refractivity contribution in [3.05, 3.63) is 65.7 Å². The van der Waals surface area contributed by atoms with Gasteiger partial charge < -0.3 is 13.9 Å². The number of carbonyl (C=O) groups excluding carboxylic acids is 1. The molecule has 36 heavy (non-hydrogen) atoms. The Morgan fingerprint density at radius 2 is 1.81 bits per heavy atom. The first kappa shape index (κ1) is 27.9. The van der Waals surface area contributed by atoms with Crippen LogP contribution in [0.25, 0.3) is 22.3 Å². The van der Waals surface area contributed by atoms with E-state index in [9.17, 15) is 4.79 Å². The van der Waals surface area contributed by atoms with Gasteiger partial charge in [-0.1, -0.05) is 51.5 Å². The van der Waals surface area contributed by atoms with E-state index in [2.05, 4.69) is 44.7 Å². The molecule has 3 aromatic rings. The average Bonchev–Trinajstić information content (AvgIpc) is 3.20. The number of fused-ring (bicyclic) bond motifs is 1. The Hall–Kier alpha value is -2.66. The van der Waals surface area contributed by atoms with Gasteiger partial charge in [0.1, 0.15) is 22.7 Å². The fourth-order valence-corrected chi connectivity index (χ4v) is 5.06. The van der Waals surface area contributed by atoms with Crippen molar-refractivity contribution in [2.75, 3.05) is 0 Å². The Morgan fingerprint density at radius 3 is 2.47 bits per heavy atom. The molecule has 1 atom stereocenters. The molecular weight excluding hydrogens is 468 g/mol. The Kier molecular flexibility index (Phi) is 8.99. The lowest BCUT2D eigenvalue weighted by atomic mass is 9.97. The van der Waals surface area contributed by atoms with Crippen molar-refractivity contribution in [2.45, 2.75) is 90.6 Å². The van der Waals surface area contributed by atoms with Gasteiger partial charge in [0.2, 0.25) is 0 Å². The van der Waals surface area contributed by atoms with E-state index in [4.69, 9.17) is 26.5 Å². The number of thiol groups is 1. The van der Waals surface area contributed by atoms with Crippen LogP contribution in [0.1, 0.15) is 78.4 Å². The molecule has 0 bridgehead atoms. The van der Waals surface area contributed by atoms with Crippen LogP contribution in [0.4, 0.5) is 0 Å². The molecule has 0 radical (unpaired) electrons. The SMILES string of the molecule is C=C(C)C(=O)OC(C)(C)CC(C)(S)Oc1ccc2cc(-c3ccc(CCCCC)cc3CC)oc2c1. The zero-order valence-corrected chi connectivity index (χ0v) is 23.5. The summed E-state index contributed by atoms with van der Waals surface area (Å²) in [4.78, 5) is 11.1. The minimum Gasteiger partial charge on any atom is -0.477 e. The summed E-state index contributed by atoms with van der Waals surface area (Å²) in [6, 6.07) is 14.6. The van der Waals surface area contributed by atoms with Crippen LogP contribution in [0, 0.1) is 0 Å². The van der Waals surface area contributed by atoms with Gasteiger partial charge in [0.25, 0.3) is 0 Å². The molecule has 4 nitrogen and oxygen atoms in total. The van der Waals surface area contributed by atoms with E-state index in [1.807, 2.05) is 39.0 Å². The normalized spacial score (nSPS) is 13.4. The quantitative estimate of drug-likeness (QED) is 0.0874. The molecule has 0 saturated heterocycles. The fourth-order valence-electron chi connectivity index (χ4n) is 4.58. The molecule has 3 rings (SSSR count). The van der Waals surface area contributed by atoms with Gasteiger partial charge in [0.15, 0.2) is 4.93 Å². The van der Waals surface area contributed by atoms with E-state index in [0.717, 1.165) is 35.1 Å². The third-order valence-electron chi connectivity index (χ3n) is 6.19. The van der Waals surface area contributed by atoms with Crippen LogP contribution in [-0.2, 0) is 22.4 Å². The van der Waals surface area contributed by atoms with Crippen LogP contribution < -0.4 is 4.74 Å².